The molecule has 2 rings (SSSR count). The molecule has 0 saturated carbocycles. The van der Waals surface area contributed by atoms with Crippen LogP contribution in [0.3, 0.4) is 0 Å². The van der Waals surface area contributed by atoms with E-state index in [-0.39, 0.29) is 5.75 Å². The summed E-state index contributed by atoms with van der Waals surface area (Å²) in [5.74, 6) is -1.04. The summed E-state index contributed by atoms with van der Waals surface area (Å²) in [6.45, 7) is 1.96. The van der Waals surface area contributed by atoms with Crippen molar-refractivity contribution in [3.8, 4) is 0 Å². The molecule has 6 heteroatoms. The first-order valence-corrected chi connectivity index (χ1v) is 7.10. The Morgan fingerprint density at radius 1 is 1.24 bits per heavy atom. The van der Waals surface area contributed by atoms with E-state index in [1.165, 1.54) is 0 Å². The molecule has 0 aliphatic carbocycles. The standard InChI is InChI=1S/C11H14N2O3S/c1-8-2-4-9(5-3-8)10-6-17(15,16)7-11(14)13-12-10/h2-5,10,12H,6-7H2,1H3,(H,13,14). The van der Waals surface area contributed by atoms with Gasteiger partial charge in [0.1, 0.15) is 5.75 Å². The zero-order valence-corrected chi connectivity index (χ0v) is 10.3. The molecule has 0 bridgehead atoms. The summed E-state index contributed by atoms with van der Waals surface area (Å²) in [5, 5.41) is 0. The van der Waals surface area contributed by atoms with E-state index in [0.717, 1.165) is 11.1 Å². The van der Waals surface area contributed by atoms with Crippen LogP contribution in [-0.4, -0.2) is 25.8 Å². The summed E-state index contributed by atoms with van der Waals surface area (Å²) in [5.41, 5.74) is 7.09. The van der Waals surface area contributed by atoms with E-state index in [1.54, 1.807) is 0 Å². The maximum absolute atomic E-state index is 11.6. The Morgan fingerprint density at radius 2 is 1.88 bits per heavy atom. The largest absolute Gasteiger partial charge is 0.290 e. The molecule has 17 heavy (non-hydrogen) atoms. The van der Waals surface area contributed by atoms with Crippen molar-refractivity contribution >= 4 is 15.7 Å². The third-order valence-electron chi connectivity index (χ3n) is 2.64. The number of rotatable bonds is 1. The summed E-state index contributed by atoms with van der Waals surface area (Å²) in [6, 6.07) is 7.15. The van der Waals surface area contributed by atoms with Crippen molar-refractivity contribution in [2.75, 3.05) is 11.5 Å². The van der Waals surface area contributed by atoms with Gasteiger partial charge in [-0.1, -0.05) is 29.8 Å². The second-order valence-corrected chi connectivity index (χ2v) is 6.32. The number of hydrogen-bond acceptors (Lipinski definition) is 4. The highest BCUT2D eigenvalue weighted by atomic mass is 32.2. The number of amides is 1. The smallest absolute Gasteiger partial charge is 0.249 e. The fraction of sp³-hybridized carbons (Fsp3) is 0.364. The van der Waals surface area contributed by atoms with Crippen molar-refractivity contribution < 1.29 is 13.2 Å². The Labute approximate surface area is 100 Å². The van der Waals surface area contributed by atoms with Crippen LogP contribution < -0.4 is 10.9 Å². The number of benzene rings is 1. The van der Waals surface area contributed by atoms with Gasteiger partial charge in [0, 0.05) is 0 Å². The minimum atomic E-state index is -3.35. The molecule has 1 unspecified atom stereocenters. The Balaban J connectivity index is 2.26. The van der Waals surface area contributed by atoms with Gasteiger partial charge in [-0.05, 0) is 12.5 Å². The summed E-state index contributed by atoms with van der Waals surface area (Å²) < 4.78 is 23.3. The maximum Gasteiger partial charge on any atom is 0.249 e. The normalized spacial score (nSPS) is 23.8. The van der Waals surface area contributed by atoms with Gasteiger partial charge in [0.2, 0.25) is 5.91 Å². The van der Waals surface area contributed by atoms with Gasteiger partial charge in [-0.3, -0.25) is 10.2 Å². The summed E-state index contributed by atoms with van der Waals surface area (Å²) in [7, 11) is -3.35. The van der Waals surface area contributed by atoms with E-state index in [9.17, 15) is 13.2 Å². The minimum absolute atomic E-state index is 0.0746. The van der Waals surface area contributed by atoms with Gasteiger partial charge in [-0.2, -0.15) is 0 Å². The zero-order chi connectivity index (χ0) is 12.5. The lowest BCUT2D eigenvalue weighted by Gasteiger charge is -2.15. The van der Waals surface area contributed by atoms with Crippen LogP contribution in [-0.2, 0) is 14.6 Å². The van der Waals surface area contributed by atoms with E-state index in [0.29, 0.717) is 0 Å². The first-order valence-electron chi connectivity index (χ1n) is 5.28. The lowest BCUT2D eigenvalue weighted by atomic mass is 10.1. The topological polar surface area (TPSA) is 75.3 Å². The van der Waals surface area contributed by atoms with Gasteiger partial charge in [-0.25, -0.2) is 13.8 Å². The van der Waals surface area contributed by atoms with Gasteiger partial charge in [0.15, 0.2) is 9.84 Å². The Morgan fingerprint density at radius 3 is 2.53 bits per heavy atom. The third-order valence-corrected chi connectivity index (χ3v) is 4.18. The van der Waals surface area contributed by atoms with E-state index in [1.807, 2.05) is 31.2 Å². The Hall–Kier alpha value is -1.40. The second kappa shape index (κ2) is 4.46. The van der Waals surface area contributed by atoms with Crippen molar-refractivity contribution in [2.24, 2.45) is 0 Å². The predicted octanol–water partition coefficient (Wildman–Crippen LogP) is 0.0853. The third kappa shape index (κ3) is 3.04. The van der Waals surface area contributed by atoms with Crippen molar-refractivity contribution in [3.05, 3.63) is 35.4 Å². The highest BCUT2D eigenvalue weighted by Gasteiger charge is 2.27. The second-order valence-electron chi connectivity index (χ2n) is 4.21. The molecule has 1 aliphatic heterocycles. The molecule has 92 valence electrons. The molecule has 0 radical (unpaired) electrons. The average molecular weight is 254 g/mol. The first kappa shape index (κ1) is 12.1. The van der Waals surface area contributed by atoms with Gasteiger partial charge < -0.3 is 0 Å². The number of nitrogens with one attached hydrogen (secondary N) is 2. The molecule has 5 nitrogen and oxygen atoms in total. The molecule has 1 aliphatic rings. The molecule has 1 aromatic rings. The summed E-state index contributed by atoms with van der Waals surface area (Å²) >= 11 is 0. The highest BCUT2D eigenvalue weighted by molar-refractivity contribution is 7.92. The molecule has 0 spiro atoms. The highest BCUT2D eigenvalue weighted by Crippen LogP contribution is 2.17. The van der Waals surface area contributed by atoms with Crippen LogP contribution in [0.1, 0.15) is 17.2 Å². The number of hydrogen-bond donors (Lipinski definition) is 2. The van der Waals surface area contributed by atoms with Crippen molar-refractivity contribution in [3.63, 3.8) is 0 Å². The van der Waals surface area contributed by atoms with Crippen LogP contribution in [0.2, 0.25) is 0 Å². The van der Waals surface area contributed by atoms with Crippen LogP contribution in [0.5, 0.6) is 0 Å². The van der Waals surface area contributed by atoms with Crippen molar-refractivity contribution in [1.29, 1.82) is 0 Å². The first-order chi connectivity index (χ1) is 7.96. The fourth-order valence-corrected chi connectivity index (χ4v) is 3.11. The molecule has 1 heterocycles. The SMILES string of the molecule is Cc1ccc(C2CS(=O)(=O)CC(=O)NN2)cc1. The van der Waals surface area contributed by atoms with Crippen LogP contribution in [0.25, 0.3) is 0 Å². The van der Waals surface area contributed by atoms with E-state index < -0.39 is 27.5 Å². The fourth-order valence-electron chi connectivity index (χ4n) is 1.74. The lowest BCUT2D eigenvalue weighted by molar-refractivity contribution is -0.119. The zero-order valence-electron chi connectivity index (χ0n) is 9.43. The summed E-state index contributed by atoms with van der Waals surface area (Å²) in [4.78, 5) is 11.2. The number of carbonyl (C=O) groups excluding carboxylic acids is 1. The molecule has 1 atom stereocenters. The van der Waals surface area contributed by atoms with E-state index in [2.05, 4.69) is 10.9 Å². The van der Waals surface area contributed by atoms with Gasteiger partial charge in [-0.15, -0.1) is 0 Å². The molecular formula is C11H14N2O3S. The molecule has 2 N–H and O–H groups in total. The minimum Gasteiger partial charge on any atom is -0.290 e. The number of sulfone groups is 1. The van der Waals surface area contributed by atoms with Gasteiger partial charge in [0.05, 0.1) is 11.8 Å². The number of hydrazine groups is 1. The average Bonchev–Trinajstić information content (AvgIpc) is 2.37. The van der Waals surface area contributed by atoms with Crippen LogP contribution >= 0.6 is 0 Å². The van der Waals surface area contributed by atoms with Crippen molar-refractivity contribution in [2.45, 2.75) is 13.0 Å². The molecule has 1 aromatic carbocycles. The molecular weight excluding hydrogens is 240 g/mol. The van der Waals surface area contributed by atoms with Gasteiger partial charge >= 0.3 is 0 Å². The van der Waals surface area contributed by atoms with Crippen LogP contribution in [0.4, 0.5) is 0 Å². The van der Waals surface area contributed by atoms with E-state index in [4.69, 9.17) is 0 Å². The number of carbonyl (C=O) groups is 1. The van der Waals surface area contributed by atoms with Crippen LogP contribution in [0.15, 0.2) is 24.3 Å². The van der Waals surface area contributed by atoms with E-state index >= 15 is 0 Å². The molecule has 0 aromatic heterocycles. The Kier molecular flexibility index (Phi) is 3.17. The van der Waals surface area contributed by atoms with Crippen LogP contribution in [0, 0.1) is 6.92 Å². The van der Waals surface area contributed by atoms with Gasteiger partial charge in [0.25, 0.3) is 0 Å². The van der Waals surface area contributed by atoms with Crippen molar-refractivity contribution in [1.82, 2.24) is 10.9 Å². The number of aryl methyl sites for hydroxylation is 1. The summed E-state index contributed by atoms with van der Waals surface area (Å²) in [6.07, 6.45) is 0. The Bertz CT molecular complexity index is 522. The molecule has 1 saturated heterocycles. The monoisotopic (exact) mass is 254 g/mol. The lowest BCUT2D eigenvalue weighted by Crippen LogP contribution is -2.39. The quantitative estimate of drug-likeness (QED) is 0.744. The molecule has 1 amide bonds. The molecule has 1 fully saturated rings. The predicted molar refractivity (Wildman–Crippen MR) is 63.9 cm³/mol. The maximum atomic E-state index is 11.6.